The monoisotopic (exact) mass is 506 g/mol. The molecule has 180 valence electrons. The molecule has 0 aliphatic rings. The van der Waals surface area contributed by atoms with Crippen LogP contribution in [0.25, 0.3) is 16.5 Å². The number of nitrogens with one attached hydrogen (secondary N) is 1. The van der Waals surface area contributed by atoms with Crippen LogP contribution < -0.4 is 11.1 Å². The average molecular weight is 507 g/mol. The van der Waals surface area contributed by atoms with Gasteiger partial charge in [0.05, 0.1) is 11.4 Å². The van der Waals surface area contributed by atoms with Crippen LogP contribution in [0.2, 0.25) is 0 Å². The van der Waals surface area contributed by atoms with E-state index in [4.69, 9.17) is 5.73 Å². The fraction of sp³-hybridized carbons (Fsp3) is 0.115. The SMILES string of the molecule is CN(C)Cc1ccc(-c2ccc(S(=O)(=O)n3ccc(C=CC(=O)Nc4ccccc4N)c3)s2)cc1. The normalized spacial score (nSPS) is 11.9. The van der Waals surface area contributed by atoms with Gasteiger partial charge in [-0.05, 0) is 67.2 Å². The smallest absolute Gasteiger partial charge is 0.277 e. The van der Waals surface area contributed by atoms with Crippen LogP contribution in [0.3, 0.4) is 0 Å². The number of hydrogen-bond acceptors (Lipinski definition) is 6. The number of anilines is 2. The molecule has 1 amide bonds. The summed E-state index contributed by atoms with van der Waals surface area (Å²) in [5, 5.41) is 2.70. The van der Waals surface area contributed by atoms with Crippen LogP contribution >= 0.6 is 11.3 Å². The Balaban J connectivity index is 1.46. The fourth-order valence-electron chi connectivity index (χ4n) is 3.46. The van der Waals surface area contributed by atoms with E-state index in [1.165, 1.54) is 35.4 Å². The van der Waals surface area contributed by atoms with Gasteiger partial charge < -0.3 is 16.0 Å². The highest BCUT2D eigenvalue weighted by atomic mass is 32.2. The van der Waals surface area contributed by atoms with E-state index < -0.39 is 10.0 Å². The first kappa shape index (κ1) is 24.5. The Hall–Kier alpha value is -3.66. The molecule has 0 atom stereocenters. The molecule has 9 heteroatoms. The summed E-state index contributed by atoms with van der Waals surface area (Å²) in [5.74, 6) is -0.363. The average Bonchev–Trinajstić information content (AvgIpc) is 3.50. The van der Waals surface area contributed by atoms with Crippen LogP contribution in [0.1, 0.15) is 11.1 Å². The number of carbonyl (C=O) groups excluding carboxylic acids is 1. The lowest BCUT2D eigenvalue weighted by Gasteiger charge is -2.09. The topological polar surface area (TPSA) is 97.4 Å². The minimum atomic E-state index is -3.74. The zero-order chi connectivity index (χ0) is 25.0. The highest BCUT2D eigenvalue weighted by Crippen LogP contribution is 2.32. The minimum absolute atomic E-state index is 0.244. The number of amides is 1. The van der Waals surface area contributed by atoms with Crippen molar-refractivity contribution in [2.24, 2.45) is 0 Å². The van der Waals surface area contributed by atoms with Gasteiger partial charge in [0.2, 0.25) is 5.91 Å². The summed E-state index contributed by atoms with van der Waals surface area (Å²) in [5.41, 5.74) is 9.56. The molecule has 35 heavy (non-hydrogen) atoms. The first-order chi connectivity index (χ1) is 16.7. The third-order valence-electron chi connectivity index (χ3n) is 5.19. The van der Waals surface area contributed by atoms with Gasteiger partial charge in [-0.2, -0.15) is 8.42 Å². The molecule has 0 saturated heterocycles. The molecule has 3 N–H and O–H groups in total. The standard InChI is InChI=1S/C26H26N4O3S2/c1-29(2)17-19-7-10-21(11-8-19)24-12-14-26(34-24)35(32,33)30-16-15-20(18-30)9-13-25(31)28-23-6-4-3-5-22(23)27/h3-16,18H,17,27H2,1-2H3,(H,28,31). The molecule has 0 spiro atoms. The molecule has 4 rings (SSSR count). The lowest BCUT2D eigenvalue weighted by Crippen LogP contribution is -2.10. The number of nitrogen functional groups attached to an aromatic ring is 1. The van der Waals surface area contributed by atoms with Gasteiger partial charge in [-0.25, -0.2) is 3.97 Å². The van der Waals surface area contributed by atoms with Gasteiger partial charge in [-0.3, -0.25) is 4.79 Å². The number of hydrogen-bond donors (Lipinski definition) is 2. The Morgan fingerprint density at radius 1 is 1.06 bits per heavy atom. The molecule has 4 aromatic rings. The second-order valence-corrected chi connectivity index (χ2v) is 11.4. The number of rotatable bonds is 8. The molecule has 0 aliphatic carbocycles. The number of aromatic nitrogens is 1. The van der Waals surface area contributed by atoms with E-state index in [1.54, 1.807) is 42.5 Å². The molecule has 7 nitrogen and oxygen atoms in total. The first-order valence-corrected chi connectivity index (χ1v) is 13.1. The van der Waals surface area contributed by atoms with Gasteiger partial charge in [0.15, 0.2) is 0 Å². The first-order valence-electron chi connectivity index (χ1n) is 10.8. The summed E-state index contributed by atoms with van der Waals surface area (Å²) in [6.45, 7) is 0.844. The number of para-hydroxylation sites is 2. The Morgan fingerprint density at radius 2 is 1.80 bits per heavy atom. The molecular formula is C26H26N4O3S2. The maximum Gasteiger partial charge on any atom is 0.277 e. The Bertz CT molecular complexity index is 1470. The van der Waals surface area contributed by atoms with Crippen molar-refractivity contribution >= 4 is 44.7 Å². The molecule has 0 fully saturated rings. The second-order valence-electron chi connectivity index (χ2n) is 8.24. The number of nitrogens with zero attached hydrogens (tertiary/aromatic N) is 2. The van der Waals surface area contributed by atoms with Crippen LogP contribution in [-0.4, -0.2) is 37.3 Å². The van der Waals surface area contributed by atoms with Crippen molar-refractivity contribution in [1.29, 1.82) is 0 Å². The van der Waals surface area contributed by atoms with Crippen LogP contribution in [0.4, 0.5) is 11.4 Å². The molecule has 2 aromatic carbocycles. The number of nitrogens with two attached hydrogens (primary N) is 1. The van der Waals surface area contributed by atoms with Crippen molar-refractivity contribution in [1.82, 2.24) is 8.87 Å². The fourth-order valence-corrected chi connectivity index (χ4v) is 6.08. The zero-order valence-electron chi connectivity index (χ0n) is 19.4. The molecule has 0 radical (unpaired) electrons. The van der Waals surface area contributed by atoms with Crippen LogP contribution in [0.15, 0.2) is 89.4 Å². The van der Waals surface area contributed by atoms with Gasteiger partial charge >= 0.3 is 0 Å². The summed E-state index contributed by atoms with van der Waals surface area (Å²) < 4.78 is 27.7. The van der Waals surface area contributed by atoms with E-state index in [0.29, 0.717) is 16.9 Å². The summed E-state index contributed by atoms with van der Waals surface area (Å²) >= 11 is 1.22. The molecular weight excluding hydrogens is 480 g/mol. The van der Waals surface area contributed by atoms with Gasteiger partial charge in [-0.1, -0.05) is 36.4 Å². The molecule has 0 bridgehead atoms. The van der Waals surface area contributed by atoms with E-state index in [-0.39, 0.29) is 10.1 Å². The van der Waals surface area contributed by atoms with Crippen molar-refractivity contribution in [2.75, 3.05) is 25.1 Å². The van der Waals surface area contributed by atoms with E-state index in [1.807, 2.05) is 32.3 Å². The second kappa shape index (κ2) is 10.3. The van der Waals surface area contributed by atoms with Gasteiger partial charge in [0.1, 0.15) is 4.21 Å². The van der Waals surface area contributed by atoms with Gasteiger partial charge in [0, 0.05) is 29.9 Å². The van der Waals surface area contributed by atoms with Crippen LogP contribution in [0, 0.1) is 0 Å². The van der Waals surface area contributed by atoms with E-state index >= 15 is 0 Å². The largest absolute Gasteiger partial charge is 0.397 e. The van der Waals surface area contributed by atoms with E-state index in [2.05, 4.69) is 22.3 Å². The van der Waals surface area contributed by atoms with E-state index in [0.717, 1.165) is 21.0 Å². The summed E-state index contributed by atoms with van der Waals surface area (Å²) in [6, 6.07) is 20.2. The summed E-state index contributed by atoms with van der Waals surface area (Å²) in [4.78, 5) is 15.2. The van der Waals surface area contributed by atoms with Crippen LogP contribution in [0.5, 0.6) is 0 Å². The Kier molecular flexibility index (Phi) is 7.20. The van der Waals surface area contributed by atoms with Crippen molar-refractivity contribution < 1.29 is 13.2 Å². The lowest BCUT2D eigenvalue weighted by atomic mass is 10.1. The number of thiophene rings is 1. The zero-order valence-corrected chi connectivity index (χ0v) is 21.0. The van der Waals surface area contributed by atoms with Gasteiger partial charge in [0.25, 0.3) is 10.0 Å². The van der Waals surface area contributed by atoms with Crippen molar-refractivity contribution in [3.8, 4) is 10.4 Å². The third kappa shape index (κ3) is 5.89. The summed E-state index contributed by atoms with van der Waals surface area (Å²) in [6.07, 6.45) is 5.83. The predicted octanol–water partition coefficient (Wildman–Crippen LogP) is 4.75. The lowest BCUT2D eigenvalue weighted by molar-refractivity contribution is -0.111. The van der Waals surface area contributed by atoms with Crippen molar-refractivity contribution in [3.63, 3.8) is 0 Å². The quantitative estimate of drug-likeness (QED) is 0.266. The van der Waals surface area contributed by atoms with E-state index in [9.17, 15) is 13.2 Å². The summed E-state index contributed by atoms with van der Waals surface area (Å²) in [7, 11) is 0.288. The predicted molar refractivity (Wildman–Crippen MR) is 143 cm³/mol. The third-order valence-corrected chi connectivity index (χ3v) is 8.42. The highest BCUT2D eigenvalue weighted by Gasteiger charge is 2.19. The minimum Gasteiger partial charge on any atom is -0.397 e. The van der Waals surface area contributed by atoms with Crippen molar-refractivity contribution in [3.05, 3.63) is 96.3 Å². The maximum atomic E-state index is 13.1. The molecule has 2 heterocycles. The van der Waals surface area contributed by atoms with Crippen molar-refractivity contribution in [2.45, 2.75) is 10.8 Å². The maximum absolute atomic E-state index is 13.1. The molecule has 2 aromatic heterocycles. The number of carbonyl (C=O) groups is 1. The molecule has 0 saturated carbocycles. The van der Waals surface area contributed by atoms with Crippen LogP contribution in [-0.2, 0) is 21.4 Å². The molecule has 0 aliphatic heterocycles. The highest BCUT2D eigenvalue weighted by molar-refractivity contribution is 7.92. The number of benzene rings is 2. The Labute approximate surface area is 209 Å². The van der Waals surface area contributed by atoms with Gasteiger partial charge in [-0.15, -0.1) is 11.3 Å². The Morgan fingerprint density at radius 3 is 2.51 bits per heavy atom. The molecule has 0 unspecified atom stereocenters.